The number of imidazole rings is 1. The van der Waals surface area contributed by atoms with Crippen molar-refractivity contribution >= 4 is 65.6 Å². The molecular weight excluding hydrogens is 843 g/mol. The second kappa shape index (κ2) is 13.8. The van der Waals surface area contributed by atoms with Gasteiger partial charge >= 0.3 is 0 Å². The molecule has 259 valence electrons. The molecule has 11 aromatic rings. The average molecular weight is 875 g/mol. The standard InChI is InChI=1S/C35H19N4O.C12H10N.Ir/c1-2-10-23(11-3-1)39-34(36-31-27-13-6-7-16-29(27)37-38-35(31)39)28-15-8-14-25-26-20-19-22-18-17-21-9-4-5-12-24(21)30(22)33(26)40-32(25)28;1-10-7-8-12(13-9-10)11-5-3-2-4-6-11;/h1-14,16-20H;2-5,7-9H,1H3;/q2*-1;/i;1D3;. The van der Waals surface area contributed by atoms with Crippen LogP contribution in [0.3, 0.4) is 0 Å². The molecule has 0 N–H and O–H groups in total. The average Bonchev–Trinajstić information content (AvgIpc) is 3.84. The molecule has 0 aliphatic rings. The Labute approximate surface area is 328 Å². The Bertz CT molecular complexity index is 3240. The number of benzene rings is 7. The van der Waals surface area contributed by atoms with Gasteiger partial charge in [0, 0.05) is 52.3 Å². The molecule has 0 saturated heterocycles. The molecule has 0 amide bonds. The number of aromatic nitrogens is 5. The number of para-hydroxylation sites is 1. The second-order valence-corrected chi connectivity index (χ2v) is 12.7. The predicted molar refractivity (Wildman–Crippen MR) is 214 cm³/mol. The Morgan fingerprint density at radius 3 is 2.24 bits per heavy atom. The van der Waals surface area contributed by atoms with E-state index in [1.165, 1.54) is 17.0 Å². The van der Waals surface area contributed by atoms with Crippen molar-refractivity contribution in [3.05, 3.63) is 176 Å². The van der Waals surface area contributed by atoms with Gasteiger partial charge < -0.3 is 14.0 Å². The van der Waals surface area contributed by atoms with E-state index in [9.17, 15) is 0 Å². The van der Waals surface area contributed by atoms with E-state index < -0.39 is 6.85 Å². The van der Waals surface area contributed by atoms with Crippen LogP contribution < -0.4 is 0 Å². The number of nitrogens with zero attached hydrogens (tertiary/aromatic N) is 5. The molecule has 54 heavy (non-hydrogen) atoms. The second-order valence-electron chi connectivity index (χ2n) is 12.7. The van der Waals surface area contributed by atoms with Gasteiger partial charge in [0.2, 0.25) is 0 Å². The van der Waals surface area contributed by atoms with Gasteiger partial charge in [-0.25, -0.2) is 0 Å². The zero-order chi connectivity index (χ0) is 37.8. The van der Waals surface area contributed by atoms with Crippen molar-refractivity contribution in [3.8, 4) is 28.3 Å². The van der Waals surface area contributed by atoms with Gasteiger partial charge in [-0.3, -0.25) is 4.98 Å². The van der Waals surface area contributed by atoms with E-state index in [0.717, 1.165) is 71.6 Å². The van der Waals surface area contributed by atoms with E-state index in [2.05, 4.69) is 98.6 Å². The molecule has 11 rings (SSSR count). The van der Waals surface area contributed by atoms with E-state index in [1.807, 2.05) is 66.7 Å². The van der Waals surface area contributed by atoms with E-state index in [0.29, 0.717) is 11.5 Å². The minimum Gasteiger partial charge on any atom is -0.500 e. The van der Waals surface area contributed by atoms with Crippen LogP contribution >= 0.6 is 0 Å². The van der Waals surface area contributed by atoms with Crippen molar-refractivity contribution in [2.75, 3.05) is 0 Å². The Kier molecular flexibility index (Phi) is 7.66. The third-order valence-corrected chi connectivity index (χ3v) is 9.56. The van der Waals surface area contributed by atoms with E-state index in [1.54, 1.807) is 18.2 Å². The summed E-state index contributed by atoms with van der Waals surface area (Å²) in [4.78, 5) is 9.31. The van der Waals surface area contributed by atoms with Crippen molar-refractivity contribution in [3.63, 3.8) is 0 Å². The minimum atomic E-state index is -2.09. The molecular formula is C47H29IrN5O-2. The molecule has 7 heteroatoms. The van der Waals surface area contributed by atoms with Crippen molar-refractivity contribution in [2.24, 2.45) is 0 Å². The fraction of sp³-hybridized carbons (Fsp3) is 0.0213. The van der Waals surface area contributed by atoms with Crippen LogP contribution in [0, 0.1) is 19.0 Å². The van der Waals surface area contributed by atoms with Crippen LogP contribution in [0.5, 0.6) is 0 Å². The number of hydrogen-bond acceptors (Lipinski definition) is 5. The van der Waals surface area contributed by atoms with Gasteiger partial charge in [0.1, 0.15) is 11.1 Å². The zero-order valence-corrected chi connectivity index (χ0v) is 30.9. The maximum absolute atomic E-state index is 7.23. The maximum atomic E-state index is 7.23. The number of furan rings is 1. The molecule has 0 saturated carbocycles. The quantitative estimate of drug-likeness (QED) is 0.131. The van der Waals surface area contributed by atoms with Crippen LogP contribution in [0.2, 0.25) is 0 Å². The van der Waals surface area contributed by atoms with Gasteiger partial charge in [0.05, 0.1) is 16.9 Å². The molecule has 4 heterocycles. The van der Waals surface area contributed by atoms with Crippen molar-refractivity contribution in [1.82, 2.24) is 24.7 Å². The first-order valence-corrected chi connectivity index (χ1v) is 17.2. The molecule has 4 aromatic heterocycles. The largest absolute Gasteiger partial charge is 0.500 e. The predicted octanol–water partition coefficient (Wildman–Crippen LogP) is 11.5. The van der Waals surface area contributed by atoms with Crippen LogP contribution in [0.4, 0.5) is 0 Å². The Balaban J connectivity index is 0.000000210. The summed E-state index contributed by atoms with van der Waals surface area (Å²) < 4.78 is 30.6. The number of pyridine rings is 1. The van der Waals surface area contributed by atoms with Gasteiger partial charge in [0.15, 0.2) is 5.65 Å². The first-order valence-electron chi connectivity index (χ1n) is 18.7. The van der Waals surface area contributed by atoms with Crippen molar-refractivity contribution in [1.29, 1.82) is 0 Å². The third-order valence-electron chi connectivity index (χ3n) is 9.56. The number of rotatable bonds is 3. The molecule has 0 atom stereocenters. The fourth-order valence-corrected chi connectivity index (χ4v) is 7.10. The first kappa shape index (κ1) is 30.0. The van der Waals surface area contributed by atoms with Crippen LogP contribution in [0.15, 0.2) is 162 Å². The summed E-state index contributed by atoms with van der Waals surface area (Å²) in [5, 5.41) is 16.8. The topological polar surface area (TPSA) is 69.6 Å². The smallest absolute Gasteiger partial charge is 0.178 e. The minimum absolute atomic E-state index is 0. The molecule has 6 nitrogen and oxygen atoms in total. The molecule has 0 unspecified atom stereocenters. The van der Waals surface area contributed by atoms with Gasteiger partial charge in [0.25, 0.3) is 0 Å². The molecule has 0 spiro atoms. The molecule has 0 bridgehead atoms. The Morgan fingerprint density at radius 2 is 1.41 bits per heavy atom. The van der Waals surface area contributed by atoms with Crippen LogP contribution in [0.25, 0.3) is 93.9 Å². The van der Waals surface area contributed by atoms with E-state index in [-0.39, 0.29) is 25.7 Å². The number of fused-ring (bicyclic) bond motifs is 10. The maximum Gasteiger partial charge on any atom is 0.178 e. The van der Waals surface area contributed by atoms with Crippen LogP contribution in [-0.2, 0) is 20.1 Å². The van der Waals surface area contributed by atoms with Gasteiger partial charge in [-0.1, -0.05) is 108 Å². The zero-order valence-electron chi connectivity index (χ0n) is 31.5. The van der Waals surface area contributed by atoms with Crippen LogP contribution in [0.1, 0.15) is 9.68 Å². The van der Waals surface area contributed by atoms with Gasteiger partial charge in [-0.15, -0.1) is 64.3 Å². The fourth-order valence-electron chi connectivity index (χ4n) is 7.10. The molecule has 1 radical (unpaired) electrons. The number of aryl methyl sites for hydroxylation is 1. The summed E-state index contributed by atoms with van der Waals surface area (Å²) in [5.74, 6) is 0.714. The van der Waals surface area contributed by atoms with Crippen molar-refractivity contribution < 1.29 is 28.6 Å². The molecule has 7 aromatic carbocycles. The van der Waals surface area contributed by atoms with Gasteiger partial charge in [-0.05, 0) is 52.5 Å². The summed E-state index contributed by atoms with van der Waals surface area (Å²) in [6.07, 6.45) is 1.39. The van der Waals surface area contributed by atoms with E-state index in [4.69, 9.17) is 13.5 Å². The SMILES string of the molecule is [2H]C([2H])([2H])c1ccc(-c2[c-]cccc2)nc1.[Ir].[c-]1ccc2c(oc3c2ccc2ccc4ccccc4c23)c1-c1nc2c3ccccc3nnc2n1-c1ccccc1. The summed E-state index contributed by atoms with van der Waals surface area (Å²) in [6, 6.07) is 56.5. The molecule has 0 aliphatic carbocycles. The van der Waals surface area contributed by atoms with Gasteiger partial charge in [-0.2, -0.15) is 0 Å². The normalized spacial score (nSPS) is 12.3. The summed E-state index contributed by atoms with van der Waals surface area (Å²) >= 11 is 0. The summed E-state index contributed by atoms with van der Waals surface area (Å²) in [5.41, 5.74) is 7.50. The van der Waals surface area contributed by atoms with E-state index >= 15 is 0 Å². The van der Waals surface area contributed by atoms with Crippen LogP contribution in [-0.4, -0.2) is 24.7 Å². The number of hydrogen-bond donors (Lipinski definition) is 0. The summed E-state index contributed by atoms with van der Waals surface area (Å²) in [6.45, 7) is -2.09. The Hall–Kier alpha value is -6.53. The first-order chi connectivity index (χ1) is 27.4. The monoisotopic (exact) mass is 875 g/mol. The summed E-state index contributed by atoms with van der Waals surface area (Å²) in [7, 11) is 0. The molecule has 0 fully saturated rings. The van der Waals surface area contributed by atoms with Crippen molar-refractivity contribution in [2.45, 2.75) is 6.85 Å². The Morgan fingerprint density at radius 1 is 0.630 bits per heavy atom. The third kappa shape index (κ3) is 5.62. The molecule has 0 aliphatic heterocycles.